The van der Waals surface area contributed by atoms with Crippen molar-refractivity contribution in [2.75, 3.05) is 0 Å². The summed E-state index contributed by atoms with van der Waals surface area (Å²) in [5.41, 5.74) is 2.24. The molecule has 1 aliphatic carbocycles. The molecule has 6 heteroatoms. The maximum absolute atomic E-state index is 12.8. The van der Waals surface area contributed by atoms with E-state index in [2.05, 4.69) is 24.1 Å². The molecule has 0 saturated carbocycles. The first-order valence-corrected chi connectivity index (χ1v) is 10.7. The fourth-order valence-corrected chi connectivity index (χ4v) is 5.63. The molecule has 3 atom stereocenters. The first-order chi connectivity index (χ1) is 12.9. The first-order valence-electron chi connectivity index (χ1n) is 9.49. The summed E-state index contributed by atoms with van der Waals surface area (Å²) in [5.74, 6) is 1.36. The zero-order valence-corrected chi connectivity index (χ0v) is 17.4. The highest BCUT2D eigenvalue weighted by Gasteiger charge is 2.24. The molecule has 0 unspecified atom stereocenters. The fraction of sp³-hybridized carbons (Fsp3) is 0.429. The molecule has 4 nitrogen and oxygen atoms in total. The second kappa shape index (κ2) is 7.38. The Morgan fingerprint density at radius 1 is 1.30 bits per heavy atom. The van der Waals surface area contributed by atoms with Gasteiger partial charge >= 0.3 is 0 Å². The molecule has 0 saturated heterocycles. The lowest BCUT2D eigenvalue weighted by Crippen LogP contribution is -2.26. The van der Waals surface area contributed by atoms with E-state index < -0.39 is 0 Å². The van der Waals surface area contributed by atoms with E-state index in [1.54, 1.807) is 11.3 Å². The van der Waals surface area contributed by atoms with Gasteiger partial charge in [0.05, 0.1) is 11.4 Å². The van der Waals surface area contributed by atoms with Crippen molar-refractivity contribution in [2.24, 2.45) is 5.92 Å². The molecular formula is C21H24ClN3OS. The van der Waals surface area contributed by atoms with Gasteiger partial charge in [0.25, 0.3) is 5.56 Å². The van der Waals surface area contributed by atoms with Crippen LogP contribution in [-0.2, 0) is 12.8 Å². The molecule has 3 aromatic rings. The molecule has 0 amide bonds. The van der Waals surface area contributed by atoms with Crippen LogP contribution in [0.25, 0.3) is 10.2 Å². The highest BCUT2D eigenvalue weighted by molar-refractivity contribution is 7.18. The van der Waals surface area contributed by atoms with Crippen molar-refractivity contribution in [2.45, 2.75) is 52.1 Å². The summed E-state index contributed by atoms with van der Waals surface area (Å²) in [6.07, 6.45) is 3.19. The summed E-state index contributed by atoms with van der Waals surface area (Å²) in [7, 11) is 0. The van der Waals surface area contributed by atoms with E-state index in [1.807, 2.05) is 31.2 Å². The second-order valence-corrected chi connectivity index (χ2v) is 9.11. The van der Waals surface area contributed by atoms with Gasteiger partial charge in [0.15, 0.2) is 0 Å². The molecule has 2 heterocycles. The molecule has 1 aromatic carbocycles. The number of aromatic nitrogens is 2. The molecule has 2 N–H and O–H groups in total. The Morgan fingerprint density at radius 2 is 2.07 bits per heavy atom. The van der Waals surface area contributed by atoms with E-state index >= 15 is 0 Å². The van der Waals surface area contributed by atoms with Gasteiger partial charge in [0.1, 0.15) is 10.7 Å². The number of aryl methyl sites for hydroxylation is 1. The average Bonchev–Trinajstić information content (AvgIpc) is 2.99. The fourth-order valence-electron chi connectivity index (χ4n) is 3.94. The van der Waals surface area contributed by atoms with E-state index in [0.29, 0.717) is 11.7 Å². The van der Waals surface area contributed by atoms with E-state index in [9.17, 15) is 4.79 Å². The van der Waals surface area contributed by atoms with Crippen LogP contribution in [0.4, 0.5) is 0 Å². The minimum Gasteiger partial charge on any atom is -0.309 e. The quantitative estimate of drug-likeness (QED) is 0.633. The van der Waals surface area contributed by atoms with Crippen molar-refractivity contribution >= 4 is 33.2 Å². The van der Waals surface area contributed by atoms with Gasteiger partial charge in [-0.25, -0.2) is 4.98 Å². The Morgan fingerprint density at radius 3 is 2.85 bits per heavy atom. The Bertz CT molecular complexity index is 1040. The third-order valence-electron chi connectivity index (χ3n) is 5.47. The van der Waals surface area contributed by atoms with Crippen molar-refractivity contribution < 1.29 is 0 Å². The van der Waals surface area contributed by atoms with E-state index in [4.69, 9.17) is 16.6 Å². The van der Waals surface area contributed by atoms with Gasteiger partial charge in [0.2, 0.25) is 0 Å². The number of benzene rings is 1. The molecule has 27 heavy (non-hydrogen) atoms. The highest BCUT2D eigenvalue weighted by atomic mass is 35.5. The molecule has 0 fully saturated rings. The largest absolute Gasteiger partial charge is 0.309 e. The van der Waals surface area contributed by atoms with Gasteiger partial charge in [0, 0.05) is 15.9 Å². The van der Waals surface area contributed by atoms with Gasteiger partial charge in [-0.1, -0.05) is 36.7 Å². The predicted octanol–water partition coefficient (Wildman–Crippen LogP) is 5.17. The number of fused-ring (bicyclic) bond motifs is 3. The SMILES string of the molecule is C[C@H]1CCc2c(sc3nc([C@H](C)N[C@@H](C)c4ccccc4Cl)[nH]c(=O)c23)C1. The first kappa shape index (κ1) is 18.7. The minimum absolute atomic E-state index is 0.0129. The summed E-state index contributed by atoms with van der Waals surface area (Å²) < 4.78 is 0. The third-order valence-corrected chi connectivity index (χ3v) is 6.96. The van der Waals surface area contributed by atoms with Gasteiger partial charge in [-0.2, -0.15) is 0 Å². The summed E-state index contributed by atoms with van der Waals surface area (Å²) in [6, 6.07) is 7.77. The molecule has 1 aliphatic rings. The van der Waals surface area contributed by atoms with Crippen molar-refractivity contribution in [3.05, 3.63) is 61.5 Å². The van der Waals surface area contributed by atoms with Crippen LogP contribution in [0.15, 0.2) is 29.1 Å². The lowest BCUT2D eigenvalue weighted by Gasteiger charge is -2.20. The number of aromatic amines is 1. The molecule has 0 bridgehead atoms. The molecular weight excluding hydrogens is 378 g/mol. The number of nitrogens with one attached hydrogen (secondary N) is 2. The number of halogens is 1. The Labute approximate surface area is 168 Å². The van der Waals surface area contributed by atoms with Crippen molar-refractivity contribution in [3.63, 3.8) is 0 Å². The minimum atomic E-state index is -0.0913. The Balaban J connectivity index is 1.64. The predicted molar refractivity (Wildman–Crippen MR) is 113 cm³/mol. The van der Waals surface area contributed by atoms with Crippen LogP contribution in [0, 0.1) is 5.92 Å². The van der Waals surface area contributed by atoms with E-state index in [0.717, 1.165) is 40.1 Å². The van der Waals surface area contributed by atoms with Crippen LogP contribution in [0.2, 0.25) is 5.02 Å². The average molecular weight is 402 g/mol. The summed E-state index contributed by atoms with van der Waals surface area (Å²) in [4.78, 5) is 22.8. The Kier molecular flexibility index (Phi) is 5.10. The smallest absolute Gasteiger partial charge is 0.259 e. The molecule has 2 aromatic heterocycles. The molecule has 0 aliphatic heterocycles. The Hall–Kier alpha value is -1.69. The van der Waals surface area contributed by atoms with Crippen molar-refractivity contribution in [3.8, 4) is 0 Å². The van der Waals surface area contributed by atoms with Crippen LogP contribution in [0.3, 0.4) is 0 Å². The number of H-pyrrole nitrogens is 1. The lowest BCUT2D eigenvalue weighted by atomic mass is 9.89. The zero-order valence-electron chi connectivity index (χ0n) is 15.8. The molecule has 0 spiro atoms. The van der Waals surface area contributed by atoms with E-state index in [1.165, 1.54) is 10.4 Å². The topological polar surface area (TPSA) is 57.8 Å². The van der Waals surface area contributed by atoms with Gasteiger partial charge in [-0.3, -0.25) is 4.79 Å². The third kappa shape index (κ3) is 3.56. The number of nitrogens with zero attached hydrogens (tertiary/aromatic N) is 1. The number of hydrogen-bond donors (Lipinski definition) is 2. The normalized spacial score (nSPS) is 19.0. The van der Waals surface area contributed by atoms with Gasteiger partial charge < -0.3 is 10.3 Å². The van der Waals surface area contributed by atoms with E-state index in [-0.39, 0.29) is 17.6 Å². The monoisotopic (exact) mass is 401 g/mol. The number of rotatable bonds is 4. The summed E-state index contributed by atoms with van der Waals surface area (Å²) in [6.45, 7) is 6.37. The highest BCUT2D eigenvalue weighted by Crippen LogP contribution is 2.36. The zero-order chi connectivity index (χ0) is 19.1. The van der Waals surface area contributed by atoms with Crippen LogP contribution in [0.5, 0.6) is 0 Å². The van der Waals surface area contributed by atoms with Gasteiger partial charge in [-0.15, -0.1) is 11.3 Å². The maximum atomic E-state index is 12.8. The molecule has 0 radical (unpaired) electrons. The number of thiophene rings is 1. The van der Waals surface area contributed by atoms with Crippen molar-refractivity contribution in [1.29, 1.82) is 0 Å². The lowest BCUT2D eigenvalue weighted by molar-refractivity contribution is 0.477. The molecule has 4 rings (SSSR count). The van der Waals surface area contributed by atoms with Crippen LogP contribution in [0.1, 0.15) is 61.1 Å². The summed E-state index contributed by atoms with van der Waals surface area (Å²) in [5, 5.41) is 5.04. The van der Waals surface area contributed by atoms with Crippen LogP contribution in [-0.4, -0.2) is 9.97 Å². The maximum Gasteiger partial charge on any atom is 0.259 e. The standard InChI is InChI=1S/C21H24ClN3OS/c1-11-8-9-15-17(10-11)27-21-18(15)20(26)24-19(25-21)13(3)23-12(2)14-6-4-5-7-16(14)22/h4-7,11-13,23H,8-10H2,1-3H3,(H,24,25,26)/t11-,12-,13-/m0/s1. The second-order valence-electron chi connectivity index (χ2n) is 7.61. The van der Waals surface area contributed by atoms with Crippen molar-refractivity contribution in [1.82, 2.24) is 15.3 Å². The number of hydrogen-bond acceptors (Lipinski definition) is 4. The summed E-state index contributed by atoms with van der Waals surface area (Å²) >= 11 is 8.00. The van der Waals surface area contributed by atoms with Crippen LogP contribution < -0.4 is 10.9 Å². The molecule has 142 valence electrons. The van der Waals surface area contributed by atoms with Gasteiger partial charge in [-0.05, 0) is 56.2 Å². The van der Waals surface area contributed by atoms with Crippen LogP contribution >= 0.6 is 22.9 Å².